The van der Waals surface area contributed by atoms with Crippen molar-refractivity contribution >= 4 is 0 Å². The Morgan fingerprint density at radius 2 is 2.17 bits per heavy atom. The molecule has 0 aliphatic rings. The third-order valence-corrected chi connectivity index (χ3v) is 2.48. The molecule has 0 bridgehead atoms. The maximum atomic E-state index is 13.5. The van der Waals surface area contributed by atoms with Gasteiger partial charge in [0, 0.05) is 0 Å². The molecule has 2 rings (SSSR count). The molecule has 0 radical (unpaired) electrons. The third-order valence-electron chi connectivity index (χ3n) is 2.48. The Bertz CT molecular complexity index is 543. The lowest BCUT2D eigenvalue weighted by Crippen LogP contribution is -1.99. The van der Waals surface area contributed by atoms with Crippen LogP contribution in [0.5, 0.6) is 0 Å². The van der Waals surface area contributed by atoms with Crippen LogP contribution in [-0.2, 0) is 0 Å². The normalized spacial score (nSPS) is 12.7. The Hall–Kier alpha value is -1.82. The minimum Gasteiger partial charge on any atom is -0.385 e. The molecule has 0 spiro atoms. The van der Waals surface area contributed by atoms with E-state index in [1.54, 1.807) is 0 Å². The Balaban J connectivity index is 2.32. The lowest BCUT2D eigenvalue weighted by Gasteiger charge is -2.01. The molecule has 1 atom stereocenters. The smallest absolute Gasteiger partial charge is 0.261 e. The van der Waals surface area contributed by atoms with E-state index in [1.165, 1.54) is 12.1 Å². The van der Waals surface area contributed by atoms with Crippen molar-refractivity contribution in [1.82, 2.24) is 10.1 Å². The van der Waals surface area contributed by atoms with Gasteiger partial charge in [0.25, 0.3) is 5.89 Å². The average molecular weight is 254 g/mol. The average Bonchev–Trinajstić information content (AvgIpc) is 2.82. The first-order chi connectivity index (χ1) is 8.63. The first kappa shape index (κ1) is 12.6. The number of hydrogen-bond acceptors (Lipinski definition) is 4. The number of aliphatic hydroxyl groups excluding tert-OH is 1. The quantitative estimate of drug-likeness (QED) is 0.911. The highest BCUT2D eigenvalue weighted by Gasteiger charge is 2.19. The van der Waals surface area contributed by atoms with Crippen LogP contribution in [0.1, 0.15) is 31.7 Å². The Kier molecular flexibility index (Phi) is 3.66. The second-order valence-corrected chi connectivity index (χ2v) is 3.86. The molecule has 0 aliphatic heterocycles. The highest BCUT2D eigenvalue weighted by atomic mass is 19.2. The highest BCUT2D eigenvalue weighted by molar-refractivity contribution is 5.53. The Labute approximate surface area is 102 Å². The maximum Gasteiger partial charge on any atom is 0.261 e. The summed E-state index contributed by atoms with van der Waals surface area (Å²) in [5.74, 6) is -2.09. The molecule has 1 aromatic carbocycles. The molecular formula is C12H12F2N2O2. The predicted molar refractivity (Wildman–Crippen MR) is 59.5 cm³/mol. The summed E-state index contributed by atoms with van der Waals surface area (Å²) in [7, 11) is 0. The van der Waals surface area contributed by atoms with Gasteiger partial charge >= 0.3 is 0 Å². The molecule has 4 nitrogen and oxygen atoms in total. The van der Waals surface area contributed by atoms with Crippen LogP contribution in [0.4, 0.5) is 8.78 Å². The molecule has 1 N–H and O–H groups in total. The summed E-state index contributed by atoms with van der Waals surface area (Å²) in [5.41, 5.74) is -0.113. The van der Waals surface area contributed by atoms with Gasteiger partial charge in [0.1, 0.15) is 6.10 Å². The minimum absolute atomic E-state index is 0.0792. The molecule has 0 saturated heterocycles. The molecule has 6 heteroatoms. The second-order valence-electron chi connectivity index (χ2n) is 3.86. The maximum absolute atomic E-state index is 13.5. The van der Waals surface area contributed by atoms with E-state index < -0.39 is 17.7 Å². The predicted octanol–water partition coefficient (Wildman–Crippen LogP) is 2.85. The van der Waals surface area contributed by atoms with E-state index in [1.807, 2.05) is 6.92 Å². The van der Waals surface area contributed by atoms with E-state index in [2.05, 4.69) is 10.1 Å². The van der Waals surface area contributed by atoms with Crippen molar-refractivity contribution in [3.63, 3.8) is 0 Å². The molecule has 0 fully saturated rings. The first-order valence-corrected chi connectivity index (χ1v) is 5.59. The lowest BCUT2D eigenvalue weighted by atomic mass is 10.2. The number of nitrogens with zero attached hydrogens (tertiary/aromatic N) is 2. The summed E-state index contributed by atoms with van der Waals surface area (Å²) < 4.78 is 31.3. The zero-order chi connectivity index (χ0) is 13.1. The van der Waals surface area contributed by atoms with E-state index in [9.17, 15) is 13.9 Å². The fourth-order valence-electron chi connectivity index (χ4n) is 1.55. The van der Waals surface area contributed by atoms with E-state index in [-0.39, 0.29) is 17.3 Å². The summed E-state index contributed by atoms with van der Waals surface area (Å²) in [4.78, 5) is 3.87. The Morgan fingerprint density at radius 3 is 2.89 bits per heavy atom. The highest BCUT2D eigenvalue weighted by Crippen LogP contribution is 2.24. The summed E-state index contributed by atoms with van der Waals surface area (Å²) in [6.07, 6.45) is 0.369. The van der Waals surface area contributed by atoms with Crippen molar-refractivity contribution in [3.8, 4) is 11.5 Å². The molecular weight excluding hydrogens is 242 g/mol. The first-order valence-electron chi connectivity index (χ1n) is 5.59. The zero-order valence-corrected chi connectivity index (χ0v) is 9.73. The van der Waals surface area contributed by atoms with E-state index >= 15 is 0 Å². The van der Waals surface area contributed by atoms with Crippen LogP contribution in [0.2, 0.25) is 0 Å². The molecule has 0 amide bonds. The molecule has 1 unspecified atom stereocenters. The van der Waals surface area contributed by atoms with Gasteiger partial charge in [0.2, 0.25) is 5.82 Å². The van der Waals surface area contributed by atoms with Crippen LogP contribution < -0.4 is 0 Å². The molecule has 0 saturated carbocycles. The monoisotopic (exact) mass is 254 g/mol. The number of halogens is 2. The summed E-state index contributed by atoms with van der Waals surface area (Å²) in [6.45, 7) is 1.90. The number of aromatic nitrogens is 2. The van der Waals surface area contributed by atoms with Gasteiger partial charge in [-0.3, -0.25) is 0 Å². The summed E-state index contributed by atoms with van der Waals surface area (Å²) >= 11 is 0. The van der Waals surface area contributed by atoms with E-state index in [0.29, 0.717) is 6.42 Å². The van der Waals surface area contributed by atoms with Crippen molar-refractivity contribution in [2.75, 3.05) is 0 Å². The standard InChI is InChI=1S/C12H12F2N2O2/c1-2-4-9(17)11-15-12(18-16-11)7-5-3-6-8(13)10(7)14/h3,5-6,9,17H,2,4H2,1H3. The number of rotatable bonds is 4. The van der Waals surface area contributed by atoms with Crippen molar-refractivity contribution in [3.05, 3.63) is 35.7 Å². The SMILES string of the molecule is CCCC(O)c1noc(-c2cccc(F)c2F)n1. The van der Waals surface area contributed by atoms with Crippen LogP contribution >= 0.6 is 0 Å². The largest absolute Gasteiger partial charge is 0.385 e. The topological polar surface area (TPSA) is 59.2 Å². The van der Waals surface area contributed by atoms with Gasteiger partial charge in [0.15, 0.2) is 11.6 Å². The van der Waals surface area contributed by atoms with Crippen LogP contribution in [0.3, 0.4) is 0 Å². The lowest BCUT2D eigenvalue weighted by molar-refractivity contribution is 0.153. The third kappa shape index (κ3) is 2.38. The van der Waals surface area contributed by atoms with Crippen LogP contribution in [0.15, 0.2) is 22.7 Å². The number of aliphatic hydroxyl groups is 1. The molecule has 1 aromatic heterocycles. The van der Waals surface area contributed by atoms with Gasteiger partial charge in [-0.1, -0.05) is 24.6 Å². The second kappa shape index (κ2) is 5.22. The van der Waals surface area contributed by atoms with Crippen LogP contribution in [0, 0.1) is 11.6 Å². The molecule has 18 heavy (non-hydrogen) atoms. The van der Waals surface area contributed by atoms with Crippen LogP contribution in [-0.4, -0.2) is 15.2 Å². The zero-order valence-electron chi connectivity index (χ0n) is 9.73. The van der Waals surface area contributed by atoms with Crippen molar-refractivity contribution in [2.45, 2.75) is 25.9 Å². The van der Waals surface area contributed by atoms with E-state index in [0.717, 1.165) is 12.5 Å². The van der Waals surface area contributed by atoms with Gasteiger partial charge in [-0.2, -0.15) is 4.98 Å². The van der Waals surface area contributed by atoms with Crippen molar-refractivity contribution < 1.29 is 18.4 Å². The molecule has 1 heterocycles. The number of benzene rings is 1. The van der Waals surface area contributed by atoms with E-state index in [4.69, 9.17) is 4.52 Å². The fraction of sp³-hybridized carbons (Fsp3) is 0.333. The fourth-order valence-corrected chi connectivity index (χ4v) is 1.55. The van der Waals surface area contributed by atoms with Gasteiger partial charge in [-0.15, -0.1) is 0 Å². The molecule has 2 aromatic rings. The molecule has 96 valence electrons. The van der Waals surface area contributed by atoms with Crippen LogP contribution in [0.25, 0.3) is 11.5 Å². The number of hydrogen-bond donors (Lipinski definition) is 1. The summed E-state index contributed by atoms with van der Waals surface area (Å²) in [5, 5.41) is 13.2. The van der Waals surface area contributed by atoms with Gasteiger partial charge in [-0.05, 0) is 18.6 Å². The minimum atomic E-state index is -1.04. The van der Waals surface area contributed by atoms with Gasteiger partial charge in [0.05, 0.1) is 5.56 Å². The van der Waals surface area contributed by atoms with Crippen molar-refractivity contribution in [1.29, 1.82) is 0 Å². The molecule has 0 aliphatic carbocycles. The van der Waals surface area contributed by atoms with Gasteiger partial charge in [-0.25, -0.2) is 8.78 Å². The summed E-state index contributed by atoms with van der Waals surface area (Å²) in [6, 6.07) is 3.68. The Morgan fingerprint density at radius 1 is 1.39 bits per heavy atom. The van der Waals surface area contributed by atoms with Gasteiger partial charge < -0.3 is 9.63 Å². The van der Waals surface area contributed by atoms with Crippen molar-refractivity contribution in [2.24, 2.45) is 0 Å².